The number of fused-ring (bicyclic) bond motifs is 1. The molecule has 4 rings (SSSR count). The molecule has 0 aliphatic rings. The zero-order valence-corrected chi connectivity index (χ0v) is 15.2. The molecular weight excluding hydrogens is 369 g/mol. The van der Waals surface area contributed by atoms with Crippen molar-refractivity contribution in [2.45, 2.75) is 6.92 Å². The number of imidazole rings is 1. The number of nitrogens with zero attached hydrogens (tertiary/aromatic N) is 3. The number of hydrogen-bond acceptors (Lipinski definition) is 3. The summed E-state index contributed by atoms with van der Waals surface area (Å²) in [7, 11) is 0. The molecule has 7 heteroatoms. The SMILES string of the molecule is CCOc1ccc(-c2cn3ccn(-c4ccc(F)c(Cl)c4)c(=O)c3n2)cc1. The third-order valence-electron chi connectivity index (χ3n) is 4.16. The fraction of sp³-hybridized carbons (Fsp3) is 0.100. The molecule has 0 atom stereocenters. The van der Waals surface area contributed by atoms with Crippen LogP contribution in [-0.2, 0) is 0 Å². The summed E-state index contributed by atoms with van der Waals surface area (Å²) in [6.45, 7) is 2.52. The molecule has 0 bridgehead atoms. The summed E-state index contributed by atoms with van der Waals surface area (Å²) in [5.41, 5.74) is 1.96. The summed E-state index contributed by atoms with van der Waals surface area (Å²) in [4.78, 5) is 17.3. The van der Waals surface area contributed by atoms with Crippen molar-refractivity contribution in [2.75, 3.05) is 6.61 Å². The highest BCUT2D eigenvalue weighted by Gasteiger charge is 2.11. The Morgan fingerprint density at radius 1 is 1.15 bits per heavy atom. The van der Waals surface area contributed by atoms with Gasteiger partial charge < -0.3 is 9.14 Å². The molecule has 0 aliphatic heterocycles. The first-order valence-electron chi connectivity index (χ1n) is 8.36. The summed E-state index contributed by atoms with van der Waals surface area (Å²) in [6, 6.07) is 11.6. The minimum Gasteiger partial charge on any atom is -0.494 e. The maximum Gasteiger partial charge on any atom is 0.298 e. The number of rotatable bonds is 4. The van der Waals surface area contributed by atoms with Gasteiger partial charge in [-0.2, -0.15) is 0 Å². The molecule has 0 amide bonds. The van der Waals surface area contributed by atoms with Crippen LogP contribution in [0.1, 0.15) is 6.92 Å². The zero-order valence-electron chi connectivity index (χ0n) is 14.4. The van der Waals surface area contributed by atoms with Crippen LogP contribution in [0.3, 0.4) is 0 Å². The molecule has 0 fully saturated rings. The average Bonchev–Trinajstić information content (AvgIpc) is 3.11. The molecular formula is C20H15ClFN3O2. The molecule has 2 heterocycles. The third kappa shape index (κ3) is 3.19. The lowest BCUT2D eigenvalue weighted by Gasteiger charge is -2.06. The number of hydrogen-bond donors (Lipinski definition) is 0. The third-order valence-corrected chi connectivity index (χ3v) is 4.45. The van der Waals surface area contributed by atoms with Gasteiger partial charge in [0.05, 0.1) is 23.0 Å². The van der Waals surface area contributed by atoms with Crippen LogP contribution in [0.2, 0.25) is 5.02 Å². The van der Waals surface area contributed by atoms with Crippen LogP contribution < -0.4 is 10.3 Å². The van der Waals surface area contributed by atoms with Crippen molar-refractivity contribution >= 4 is 17.2 Å². The largest absolute Gasteiger partial charge is 0.494 e. The molecule has 0 saturated carbocycles. The van der Waals surface area contributed by atoms with Crippen molar-refractivity contribution in [3.05, 3.63) is 82.2 Å². The van der Waals surface area contributed by atoms with E-state index in [1.807, 2.05) is 31.2 Å². The quantitative estimate of drug-likeness (QED) is 0.526. The Hall–Kier alpha value is -3.12. The van der Waals surface area contributed by atoms with Crippen LogP contribution in [0.5, 0.6) is 5.75 Å². The molecule has 0 aliphatic carbocycles. The first kappa shape index (κ1) is 17.3. The smallest absolute Gasteiger partial charge is 0.298 e. The second kappa shape index (κ2) is 6.89. The second-order valence-corrected chi connectivity index (χ2v) is 6.29. The summed E-state index contributed by atoms with van der Waals surface area (Å²) in [6.07, 6.45) is 5.11. The number of aromatic nitrogens is 3. The van der Waals surface area contributed by atoms with E-state index in [4.69, 9.17) is 16.3 Å². The van der Waals surface area contributed by atoms with Crippen LogP contribution in [0.25, 0.3) is 22.6 Å². The predicted octanol–water partition coefficient (Wildman–Crippen LogP) is 4.34. The van der Waals surface area contributed by atoms with Crippen molar-refractivity contribution in [1.82, 2.24) is 14.0 Å². The van der Waals surface area contributed by atoms with E-state index < -0.39 is 5.82 Å². The molecule has 4 aromatic rings. The van der Waals surface area contributed by atoms with Gasteiger partial charge in [-0.1, -0.05) is 11.6 Å². The van der Waals surface area contributed by atoms with Gasteiger partial charge in [0.15, 0.2) is 0 Å². The maximum atomic E-state index is 13.4. The maximum absolute atomic E-state index is 13.4. The second-order valence-electron chi connectivity index (χ2n) is 5.89. The van der Waals surface area contributed by atoms with Crippen molar-refractivity contribution in [3.8, 4) is 22.7 Å². The number of halogens is 2. The van der Waals surface area contributed by atoms with E-state index in [2.05, 4.69) is 4.98 Å². The van der Waals surface area contributed by atoms with E-state index in [0.717, 1.165) is 11.3 Å². The molecule has 27 heavy (non-hydrogen) atoms. The topological polar surface area (TPSA) is 48.5 Å². The van der Waals surface area contributed by atoms with E-state index in [9.17, 15) is 9.18 Å². The normalized spacial score (nSPS) is 11.1. The van der Waals surface area contributed by atoms with Gasteiger partial charge in [0.1, 0.15) is 11.6 Å². The summed E-state index contributed by atoms with van der Waals surface area (Å²) in [5, 5.41) is -0.0438. The molecule has 5 nitrogen and oxygen atoms in total. The standard InChI is InChI=1S/C20H15ClFN3O2/c1-2-27-15-6-3-13(4-7-15)18-12-24-9-10-25(20(26)19(24)23-18)14-5-8-17(22)16(21)11-14/h3-12H,2H2,1H3. The van der Waals surface area contributed by atoms with Gasteiger partial charge in [-0.25, -0.2) is 9.37 Å². The van der Waals surface area contributed by atoms with E-state index in [1.165, 1.54) is 22.8 Å². The van der Waals surface area contributed by atoms with E-state index in [1.54, 1.807) is 23.0 Å². The van der Waals surface area contributed by atoms with Gasteiger partial charge in [0.2, 0.25) is 5.65 Å². The van der Waals surface area contributed by atoms with Crippen LogP contribution in [0.4, 0.5) is 4.39 Å². The van der Waals surface area contributed by atoms with Crippen LogP contribution in [-0.4, -0.2) is 20.6 Å². The fourth-order valence-corrected chi connectivity index (χ4v) is 3.02. The van der Waals surface area contributed by atoms with Gasteiger partial charge in [0, 0.05) is 24.2 Å². The van der Waals surface area contributed by atoms with Gasteiger partial charge in [-0.15, -0.1) is 0 Å². The monoisotopic (exact) mass is 383 g/mol. The van der Waals surface area contributed by atoms with E-state index >= 15 is 0 Å². The van der Waals surface area contributed by atoms with E-state index in [-0.39, 0.29) is 16.2 Å². The van der Waals surface area contributed by atoms with Crippen LogP contribution in [0.15, 0.2) is 65.8 Å². The average molecular weight is 384 g/mol. The van der Waals surface area contributed by atoms with Crippen molar-refractivity contribution in [1.29, 1.82) is 0 Å². The molecule has 2 aromatic heterocycles. The zero-order chi connectivity index (χ0) is 19.0. The molecule has 0 spiro atoms. The number of benzene rings is 2. The van der Waals surface area contributed by atoms with Gasteiger partial charge >= 0.3 is 0 Å². The Kier molecular flexibility index (Phi) is 4.41. The minimum atomic E-state index is -0.534. The lowest BCUT2D eigenvalue weighted by atomic mass is 10.2. The molecule has 0 radical (unpaired) electrons. The summed E-state index contributed by atoms with van der Waals surface area (Å²) < 4.78 is 21.9. The highest BCUT2D eigenvalue weighted by Crippen LogP contribution is 2.22. The van der Waals surface area contributed by atoms with E-state index in [0.29, 0.717) is 18.0 Å². The Bertz CT molecular complexity index is 1180. The number of ether oxygens (including phenoxy) is 1. The summed E-state index contributed by atoms with van der Waals surface area (Å²) in [5.74, 6) is 0.244. The molecule has 2 aromatic carbocycles. The lowest BCUT2D eigenvalue weighted by Crippen LogP contribution is -2.20. The summed E-state index contributed by atoms with van der Waals surface area (Å²) >= 11 is 5.83. The van der Waals surface area contributed by atoms with Gasteiger partial charge in [0.25, 0.3) is 5.56 Å². The minimum absolute atomic E-state index is 0.0438. The molecule has 0 saturated heterocycles. The first-order valence-corrected chi connectivity index (χ1v) is 8.73. The van der Waals surface area contributed by atoms with Crippen molar-refractivity contribution in [2.24, 2.45) is 0 Å². The molecule has 0 unspecified atom stereocenters. The Morgan fingerprint density at radius 3 is 2.63 bits per heavy atom. The Balaban J connectivity index is 1.78. The Morgan fingerprint density at radius 2 is 1.93 bits per heavy atom. The van der Waals surface area contributed by atoms with Crippen molar-refractivity contribution < 1.29 is 9.13 Å². The van der Waals surface area contributed by atoms with Crippen molar-refractivity contribution in [3.63, 3.8) is 0 Å². The predicted molar refractivity (Wildman–Crippen MR) is 102 cm³/mol. The highest BCUT2D eigenvalue weighted by molar-refractivity contribution is 6.30. The fourth-order valence-electron chi connectivity index (χ4n) is 2.85. The molecule has 0 N–H and O–H groups in total. The van der Waals surface area contributed by atoms with Crippen LogP contribution >= 0.6 is 11.6 Å². The van der Waals surface area contributed by atoms with Gasteiger partial charge in [-0.3, -0.25) is 9.36 Å². The lowest BCUT2D eigenvalue weighted by molar-refractivity contribution is 0.340. The van der Waals surface area contributed by atoms with Crippen LogP contribution in [0, 0.1) is 5.82 Å². The highest BCUT2D eigenvalue weighted by atomic mass is 35.5. The first-order chi connectivity index (χ1) is 13.1. The Labute approximate surface area is 159 Å². The molecule has 136 valence electrons. The van der Waals surface area contributed by atoms with Gasteiger partial charge in [-0.05, 0) is 49.4 Å².